The third-order valence-electron chi connectivity index (χ3n) is 4.37. The molecular formula is C21H18F2N4O. The van der Waals surface area contributed by atoms with Crippen LogP contribution in [0, 0.1) is 11.6 Å². The summed E-state index contributed by atoms with van der Waals surface area (Å²) in [5.41, 5.74) is 1.42. The van der Waals surface area contributed by atoms with E-state index in [9.17, 15) is 13.6 Å². The smallest absolute Gasteiger partial charge is 0.253 e. The molecule has 0 saturated carbocycles. The SMILES string of the molecule is CC(C)Nc1cc(=O)[nH]c(-c2c[nH]c3ccc(-c4c(F)cccc4F)cc23)n1. The summed E-state index contributed by atoms with van der Waals surface area (Å²) < 4.78 is 28.4. The van der Waals surface area contributed by atoms with Gasteiger partial charge in [-0.2, -0.15) is 0 Å². The van der Waals surface area contributed by atoms with Crippen molar-refractivity contribution in [3.8, 4) is 22.5 Å². The molecule has 0 fully saturated rings. The van der Waals surface area contributed by atoms with Gasteiger partial charge in [-0.05, 0) is 43.7 Å². The Balaban J connectivity index is 1.88. The van der Waals surface area contributed by atoms with Gasteiger partial charge in [0.05, 0.1) is 5.56 Å². The second-order valence-electron chi connectivity index (χ2n) is 6.84. The van der Waals surface area contributed by atoms with E-state index in [-0.39, 0.29) is 17.2 Å². The molecule has 0 radical (unpaired) electrons. The summed E-state index contributed by atoms with van der Waals surface area (Å²) in [7, 11) is 0. The molecule has 28 heavy (non-hydrogen) atoms. The molecule has 4 rings (SSSR count). The van der Waals surface area contributed by atoms with Gasteiger partial charge in [-0.1, -0.05) is 12.1 Å². The van der Waals surface area contributed by atoms with Crippen molar-refractivity contribution in [3.63, 3.8) is 0 Å². The predicted octanol–water partition coefficient (Wildman–Crippen LogP) is 4.68. The first-order chi connectivity index (χ1) is 13.4. The molecule has 0 amide bonds. The standard InChI is InChI=1S/C21H18F2N4O/c1-11(2)25-18-9-19(28)27-21(26-18)14-10-24-17-7-6-12(8-13(14)17)20-15(22)4-3-5-16(20)23/h3-11,24H,1-2H3,(H2,25,26,27,28). The third-order valence-corrected chi connectivity index (χ3v) is 4.37. The second kappa shape index (κ2) is 6.92. The van der Waals surface area contributed by atoms with Crippen LogP contribution in [0.3, 0.4) is 0 Å². The lowest BCUT2D eigenvalue weighted by Crippen LogP contribution is -2.16. The van der Waals surface area contributed by atoms with Crippen molar-refractivity contribution < 1.29 is 8.78 Å². The average Bonchev–Trinajstić information content (AvgIpc) is 3.04. The first kappa shape index (κ1) is 17.9. The largest absolute Gasteiger partial charge is 0.368 e. The van der Waals surface area contributed by atoms with Gasteiger partial charge >= 0.3 is 0 Å². The number of fused-ring (bicyclic) bond motifs is 1. The van der Waals surface area contributed by atoms with Crippen LogP contribution in [0.5, 0.6) is 0 Å². The van der Waals surface area contributed by atoms with Crippen LogP contribution in [0.2, 0.25) is 0 Å². The van der Waals surface area contributed by atoms with Gasteiger partial charge in [0.15, 0.2) is 0 Å². The molecule has 0 unspecified atom stereocenters. The van der Waals surface area contributed by atoms with Crippen molar-refractivity contribution >= 4 is 16.7 Å². The Morgan fingerprint density at radius 3 is 2.54 bits per heavy atom. The summed E-state index contributed by atoms with van der Waals surface area (Å²) in [5.74, 6) is -0.440. The Labute approximate surface area is 159 Å². The lowest BCUT2D eigenvalue weighted by atomic mass is 10.0. The van der Waals surface area contributed by atoms with Crippen molar-refractivity contribution in [2.75, 3.05) is 5.32 Å². The molecule has 3 N–H and O–H groups in total. The van der Waals surface area contributed by atoms with Gasteiger partial charge < -0.3 is 15.3 Å². The minimum absolute atomic E-state index is 0.0896. The zero-order valence-electron chi connectivity index (χ0n) is 15.3. The third kappa shape index (κ3) is 3.26. The summed E-state index contributed by atoms with van der Waals surface area (Å²) in [5, 5.41) is 3.81. The van der Waals surface area contributed by atoms with Gasteiger partial charge in [0.2, 0.25) is 0 Å². The summed E-state index contributed by atoms with van der Waals surface area (Å²) in [6.07, 6.45) is 1.71. The first-order valence-corrected chi connectivity index (χ1v) is 8.86. The molecule has 2 heterocycles. The number of hydrogen-bond acceptors (Lipinski definition) is 3. The normalized spacial score (nSPS) is 11.3. The number of aromatic amines is 2. The maximum atomic E-state index is 14.2. The van der Waals surface area contributed by atoms with E-state index < -0.39 is 11.6 Å². The Kier molecular flexibility index (Phi) is 4.43. The fourth-order valence-electron chi connectivity index (χ4n) is 3.20. The topological polar surface area (TPSA) is 73.6 Å². The number of benzene rings is 2. The van der Waals surface area contributed by atoms with Gasteiger partial charge in [0.1, 0.15) is 23.3 Å². The highest BCUT2D eigenvalue weighted by Gasteiger charge is 2.15. The van der Waals surface area contributed by atoms with Crippen LogP contribution in [0.4, 0.5) is 14.6 Å². The highest BCUT2D eigenvalue weighted by molar-refractivity contribution is 5.96. The Morgan fingerprint density at radius 2 is 1.82 bits per heavy atom. The number of nitrogens with zero attached hydrogens (tertiary/aromatic N) is 1. The zero-order valence-corrected chi connectivity index (χ0v) is 15.3. The van der Waals surface area contributed by atoms with Crippen LogP contribution in [0.1, 0.15) is 13.8 Å². The van der Waals surface area contributed by atoms with Crippen molar-refractivity contribution in [2.45, 2.75) is 19.9 Å². The molecule has 0 spiro atoms. The quantitative estimate of drug-likeness (QED) is 0.481. The number of anilines is 1. The second-order valence-corrected chi connectivity index (χ2v) is 6.84. The number of aromatic nitrogens is 3. The lowest BCUT2D eigenvalue weighted by molar-refractivity contribution is 0.589. The van der Waals surface area contributed by atoms with E-state index in [1.54, 1.807) is 24.4 Å². The highest BCUT2D eigenvalue weighted by atomic mass is 19.1. The van der Waals surface area contributed by atoms with Crippen LogP contribution in [0.25, 0.3) is 33.4 Å². The van der Waals surface area contributed by atoms with Crippen molar-refractivity contribution in [2.24, 2.45) is 0 Å². The number of nitrogens with one attached hydrogen (secondary N) is 3. The minimum Gasteiger partial charge on any atom is -0.368 e. The molecule has 5 nitrogen and oxygen atoms in total. The Bertz CT molecular complexity index is 1210. The molecule has 0 aliphatic carbocycles. The molecule has 0 aliphatic heterocycles. The Hall–Kier alpha value is -3.48. The van der Waals surface area contributed by atoms with Crippen LogP contribution >= 0.6 is 0 Å². The molecule has 0 bridgehead atoms. The number of hydrogen-bond donors (Lipinski definition) is 3. The monoisotopic (exact) mass is 380 g/mol. The fourth-order valence-corrected chi connectivity index (χ4v) is 3.20. The van der Waals surface area contributed by atoms with Crippen molar-refractivity contribution in [1.29, 1.82) is 0 Å². The van der Waals surface area contributed by atoms with E-state index in [2.05, 4.69) is 20.3 Å². The van der Waals surface area contributed by atoms with Gasteiger partial charge in [0.25, 0.3) is 5.56 Å². The number of rotatable bonds is 4. The van der Waals surface area contributed by atoms with E-state index in [1.165, 1.54) is 24.3 Å². The summed E-state index contributed by atoms with van der Waals surface area (Å²) in [4.78, 5) is 22.4. The average molecular weight is 380 g/mol. The number of H-pyrrole nitrogens is 2. The Morgan fingerprint density at radius 1 is 1.07 bits per heavy atom. The maximum absolute atomic E-state index is 14.2. The van der Waals surface area contributed by atoms with Gasteiger partial charge in [-0.3, -0.25) is 4.79 Å². The van der Waals surface area contributed by atoms with Crippen LogP contribution in [-0.2, 0) is 0 Å². The van der Waals surface area contributed by atoms with E-state index in [0.717, 1.165) is 5.52 Å². The van der Waals surface area contributed by atoms with Crippen LogP contribution in [-0.4, -0.2) is 21.0 Å². The van der Waals surface area contributed by atoms with E-state index in [4.69, 9.17) is 0 Å². The molecule has 0 atom stereocenters. The van der Waals surface area contributed by atoms with E-state index >= 15 is 0 Å². The van der Waals surface area contributed by atoms with Crippen molar-refractivity contribution in [1.82, 2.24) is 15.0 Å². The molecule has 142 valence electrons. The molecule has 2 aromatic heterocycles. The molecule has 4 aromatic rings. The molecule has 0 saturated heterocycles. The number of halogens is 2. The van der Waals surface area contributed by atoms with E-state index in [1.807, 2.05) is 13.8 Å². The fraction of sp³-hybridized carbons (Fsp3) is 0.143. The zero-order chi connectivity index (χ0) is 19.8. The predicted molar refractivity (Wildman–Crippen MR) is 106 cm³/mol. The van der Waals surface area contributed by atoms with Crippen molar-refractivity contribution in [3.05, 3.63) is 70.6 Å². The van der Waals surface area contributed by atoms with Gasteiger partial charge in [0, 0.05) is 34.8 Å². The van der Waals surface area contributed by atoms with E-state index in [0.29, 0.717) is 28.2 Å². The molecular weight excluding hydrogens is 362 g/mol. The molecule has 7 heteroatoms. The highest BCUT2D eigenvalue weighted by Crippen LogP contribution is 2.32. The maximum Gasteiger partial charge on any atom is 0.253 e. The summed E-state index contributed by atoms with van der Waals surface area (Å²) in [6, 6.07) is 10.4. The lowest BCUT2D eigenvalue weighted by Gasteiger charge is -2.10. The molecule has 0 aliphatic rings. The van der Waals surface area contributed by atoms with Gasteiger partial charge in [-0.15, -0.1) is 0 Å². The minimum atomic E-state index is -0.633. The van der Waals surface area contributed by atoms with Gasteiger partial charge in [-0.25, -0.2) is 13.8 Å². The summed E-state index contributed by atoms with van der Waals surface area (Å²) >= 11 is 0. The molecule has 2 aromatic carbocycles. The van der Waals surface area contributed by atoms with Crippen LogP contribution < -0.4 is 10.9 Å². The van der Waals surface area contributed by atoms with Crippen LogP contribution in [0.15, 0.2) is 53.5 Å². The summed E-state index contributed by atoms with van der Waals surface area (Å²) in [6.45, 7) is 3.90. The first-order valence-electron chi connectivity index (χ1n) is 8.86.